The number of nitrogens with zero attached hydrogens (tertiary/aromatic N) is 16. The molecule has 650 valence electrons. The number of ether oxygens (including phenoxy) is 8. The average Bonchev–Trinajstić information content (AvgIpc) is 1.59. The Labute approximate surface area is 731 Å². The van der Waals surface area contributed by atoms with Crippen molar-refractivity contribution in [3.05, 3.63) is 48.5 Å². The molecule has 0 atom stereocenters. The second-order valence-electron chi connectivity index (χ2n) is 35.6. The maximum absolute atomic E-state index is 7.19. The van der Waals surface area contributed by atoms with E-state index in [4.69, 9.17) is 77.8 Å². The minimum absolute atomic E-state index is 0. The Kier molecular flexibility index (Phi) is 32.7. The minimum Gasteiger partial charge on any atom is -0.493 e. The fourth-order valence-electron chi connectivity index (χ4n) is 20.1. The second kappa shape index (κ2) is 45.2. The van der Waals surface area contributed by atoms with Crippen molar-refractivity contribution in [2.45, 2.75) is 205 Å². The summed E-state index contributed by atoms with van der Waals surface area (Å²) in [5, 5.41) is 2.66. The van der Waals surface area contributed by atoms with Gasteiger partial charge >= 0.3 is 19.5 Å². The zero-order chi connectivity index (χ0) is 80.7. The maximum atomic E-state index is 7.19. The van der Waals surface area contributed by atoms with Crippen LogP contribution < -0.4 is 47.9 Å². The monoisotopic (exact) mass is 1710 g/mol. The third-order valence-corrected chi connectivity index (χ3v) is 26.6. The molecule has 24 nitrogen and oxygen atoms in total. The quantitative estimate of drug-likeness (QED) is 0.0258. The van der Waals surface area contributed by atoms with E-state index >= 15 is 0 Å². The molecule has 0 amide bonds. The number of piperidine rings is 8. The van der Waals surface area contributed by atoms with E-state index in [1.807, 2.05) is 0 Å². The first-order chi connectivity index (χ1) is 59.5. The van der Waals surface area contributed by atoms with Crippen molar-refractivity contribution >= 4 is 44.1 Å². The van der Waals surface area contributed by atoms with Gasteiger partial charge < -0.3 is 102 Å². The van der Waals surface area contributed by atoms with E-state index in [1.165, 1.54) is 154 Å². The summed E-state index contributed by atoms with van der Waals surface area (Å²) >= 11 is 0. The Morgan fingerprint density at radius 1 is 0.198 bits per heavy atom. The van der Waals surface area contributed by atoms with Crippen LogP contribution in [0.15, 0.2) is 48.5 Å². The van der Waals surface area contributed by atoms with Gasteiger partial charge in [0.05, 0.1) is 86.8 Å². The van der Waals surface area contributed by atoms with Crippen LogP contribution in [0.4, 0.5) is 0 Å². The van der Waals surface area contributed by atoms with Crippen molar-refractivity contribution in [3.8, 4) is 91.5 Å². The minimum atomic E-state index is 0. The van der Waals surface area contributed by atoms with E-state index in [2.05, 4.69) is 87.7 Å². The zero-order valence-electron chi connectivity index (χ0n) is 73.0. The first-order valence-corrected chi connectivity index (χ1v) is 47.8. The Morgan fingerprint density at radius 2 is 0.355 bits per heavy atom. The Balaban J connectivity index is 0.0000109. The summed E-state index contributed by atoms with van der Waals surface area (Å²) in [5.41, 5.74) is 4.13. The molecule has 10 aliphatic rings. The molecule has 17 rings (SSSR count). The average molecular weight is 1710 g/mol. The predicted octanol–water partition coefficient (Wildman–Crippen LogP) is 16.2. The molecule has 0 spiro atoms. The standard InChI is InChI=1S/C96H136N16O8.Zn/c1-9-41-105(42-10-1)57-25-65-113-73-33-34-74(114-66-26-58-106-43-11-2-12-44-106)82-81(73)89-97-90(82)102-92-85-77(117-69-29-61-109-49-17-5-18-50-109)37-38-78(118-70-30-62-110-51-19-6-20-52-110)86(85)94(99-92)104-96-88-80(120-72-32-64-112-55-23-8-24-56-112)40-39-79(119-71-31-63-111-53-21-7-22-54-111)87(88)95(100-96)103-93-84-76(116-68-28-60-108-47-15-4-16-48-108)36-35-75(83(84)91(98-93)101-89)115-67-27-59-107-45-13-3-14-46-107;/h33-40H,1-32,41-72H2;/q-2;+2. The molecule has 0 N–H and O–H groups in total. The first-order valence-electron chi connectivity index (χ1n) is 47.8. The molecule has 3 aromatic heterocycles. The zero-order valence-corrected chi connectivity index (χ0v) is 76.0. The Morgan fingerprint density at radius 3 is 0.545 bits per heavy atom. The Bertz CT molecular complexity index is 4310. The number of likely N-dealkylation sites (tertiary alicyclic amines) is 8. The van der Waals surface area contributed by atoms with E-state index in [0.717, 1.165) is 208 Å². The van der Waals surface area contributed by atoms with Crippen LogP contribution in [-0.4, -0.2) is 279 Å². The van der Waals surface area contributed by atoms with E-state index in [0.29, 0.717) is 189 Å². The maximum Gasteiger partial charge on any atom is 2.00 e. The van der Waals surface area contributed by atoms with Gasteiger partial charge in [-0.1, -0.05) is 51.4 Å². The molecule has 121 heavy (non-hydrogen) atoms. The Hall–Kier alpha value is -7.06. The van der Waals surface area contributed by atoms with Crippen LogP contribution in [0.2, 0.25) is 0 Å². The fourth-order valence-corrected chi connectivity index (χ4v) is 20.1. The molecule has 0 aliphatic carbocycles. The van der Waals surface area contributed by atoms with Crippen molar-refractivity contribution in [2.24, 2.45) is 0 Å². The summed E-state index contributed by atoms with van der Waals surface area (Å²) < 4.78 is 57.5. The molecule has 8 bridgehead atoms. The first kappa shape index (κ1) is 87.4. The number of aromatic nitrogens is 8. The number of hydrogen-bond donors (Lipinski definition) is 0. The van der Waals surface area contributed by atoms with E-state index < -0.39 is 0 Å². The van der Waals surface area contributed by atoms with Gasteiger partial charge in [0.25, 0.3) is 0 Å². The van der Waals surface area contributed by atoms with Gasteiger partial charge in [0, 0.05) is 96.5 Å². The van der Waals surface area contributed by atoms with Gasteiger partial charge in [0.1, 0.15) is 46.0 Å². The summed E-state index contributed by atoms with van der Waals surface area (Å²) in [4.78, 5) is 67.0. The van der Waals surface area contributed by atoms with Gasteiger partial charge in [-0.3, -0.25) is 0 Å². The van der Waals surface area contributed by atoms with Crippen LogP contribution in [0.1, 0.15) is 205 Å². The van der Waals surface area contributed by atoms with Crippen LogP contribution in [0.3, 0.4) is 0 Å². The number of fused-ring (bicyclic) bond motifs is 20. The van der Waals surface area contributed by atoms with Crippen LogP contribution in [-0.2, 0) is 19.5 Å². The SMILES string of the molecule is [Zn+2].c1cc(OCCCN2CCCCC2)c2c(c1OCCCN1CCCCC1)-c1nc3nc(nc4[n-]c(nc5[n-]c(nc-2n1)c1c(OCCCN2CCCCC2)ccc(OCCCN2CCCCC2)c51)c1c(OCCCN2CCCCC2)ccc(OCCCN2CCCCC2)c41)-c1c(OCCCN2CCCCC2)ccc(OCCCN2CCCCC2)c1-3. The summed E-state index contributed by atoms with van der Waals surface area (Å²) in [6, 6.07) is 16.5. The molecule has 4 aromatic carbocycles. The van der Waals surface area contributed by atoms with E-state index in [9.17, 15) is 0 Å². The molecule has 0 saturated carbocycles. The molecule has 0 unspecified atom stereocenters. The predicted molar refractivity (Wildman–Crippen MR) is 477 cm³/mol. The molecular weight excluding hydrogens is 1570 g/mol. The van der Waals surface area contributed by atoms with Gasteiger partial charge in [0.15, 0.2) is 11.6 Å². The third-order valence-electron chi connectivity index (χ3n) is 26.6. The van der Waals surface area contributed by atoms with Crippen molar-refractivity contribution in [2.75, 3.05) is 210 Å². The van der Waals surface area contributed by atoms with Crippen molar-refractivity contribution in [3.63, 3.8) is 0 Å². The molecule has 0 radical (unpaired) electrons. The summed E-state index contributed by atoms with van der Waals surface area (Å²) in [6.07, 6.45) is 36.6. The van der Waals surface area contributed by atoms with Gasteiger partial charge in [-0.05, 0) is 307 Å². The van der Waals surface area contributed by atoms with Crippen LogP contribution in [0, 0.1) is 0 Å². The van der Waals surface area contributed by atoms with Gasteiger partial charge in [0.2, 0.25) is 0 Å². The van der Waals surface area contributed by atoms with Gasteiger partial charge in [-0.15, -0.1) is 0 Å². The van der Waals surface area contributed by atoms with Crippen LogP contribution in [0.5, 0.6) is 46.0 Å². The van der Waals surface area contributed by atoms with E-state index in [-0.39, 0.29) is 19.5 Å². The summed E-state index contributed by atoms with van der Waals surface area (Å²) in [5.74, 6) is 6.49. The number of benzene rings is 4. The van der Waals surface area contributed by atoms with Crippen molar-refractivity contribution in [1.29, 1.82) is 0 Å². The van der Waals surface area contributed by atoms with Crippen LogP contribution in [0.25, 0.3) is 89.7 Å². The normalized spacial score (nSPS) is 19.0. The van der Waals surface area contributed by atoms with Gasteiger partial charge in [-0.25, -0.2) is 15.0 Å². The fraction of sp³-hybridized carbons (Fsp3) is 0.667. The third kappa shape index (κ3) is 23.2. The smallest absolute Gasteiger partial charge is 0.493 e. The molecule has 10 aliphatic heterocycles. The molecule has 13 heterocycles. The summed E-state index contributed by atoms with van der Waals surface area (Å²) in [6.45, 7) is 29.1. The van der Waals surface area contributed by atoms with Crippen molar-refractivity contribution < 1.29 is 57.4 Å². The largest absolute Gasteiger partial charge is 2.00 e. The number of hydrogen-bond acceptors (Lipinski definition) is 22. The molecule has 8 fully saturated rings. The van der Waals surface area contributed by atoms with Crippen molar-refractivity contribution in [1.82, 2.24) is 79.1 Å². The van der Waals surface area contributed by atoms with Gasteiger partial charge in [-0.2, -0.15) is 0 Å². The second-order valence-corrected chi connectivity index (χ2v) is 35.6. The summed E-state index contributed by atoms with van der Waals surface area (Å²) in [7, 11) is 0. The number of rotatable bonds is 40. The molecule has 25 heteroatoms. The molecule has 8 saturated heterocycles. The van der Waals surface area contributed by atoms with E-state index in [1.54, 1.807) is 0 Å². The molecular formula is C96H136N16O8Zn. The van der Waals surface area contributed by atoms with Crippen LogP contribution >= 0.6 is 0 Å². The topological polar surface area (TPSA) is 205 Å². The molecule has 7 aromatic rings.